The third-order valence-corrected chi connectivity index (χ3v) is 5.78. The summed E-state index contributed by atoms with van der Waals surface area (Å²) in [5, 5.41) is 10.9. The van der Waals surface area contributed by atoms with Crippen LogP contribution in [0.1, 0.15) is 36.8 Å². The van der Waals surface area contributed by atoms with Gasteiger partial charge in [-0.3, -0.25) is 14.4 Å². The molecule has 2 fully saturated rings. The van der Waals surface area contributed by atoms with Crippen LogP contribution in [0.25, 0.3) is 0 Å². The Bertz CT molecular complexity index is 1070. The van der Waals surface area contributed by atoms with Crippen molar-refractivity contribution in [2.75, 3.05) is 5.32 Å². The monoisotopic (exact) mass is 460 g/mol. The van der Waals surface area contributed by atoms with Crippen LogP contribution >= 0.6 is 0 Å². The van der Waals surface area contributed by atoms with E-state index in [0.717, 1.165) is 11.6 Å². The molecule has 0 bridgehead atoms. The maximum Gasteiger partial charge on any atom is 0.418 e. The lowest BCUT2D eigenvalue weighted by Crippen LogP contribution is -2.53. The average molecular weight is 460 g/mol. The first-order valence-electron chi connectivity index (χ1n) is 10.6. The van der Waals surface area contributed by atoms with E-state index in [2.05, 4.69) is 21.3 Å². The van der Waals surface area contributed by atoms with E-state index in [0.29, 0.717) is 31.4 Å². The molecule has 4 rings (SSSR count). The first kappa shape index (κ1) is 22.6. The zero-order valence-corrected chi connectivity index (χ0v) is 17.6. The Balaban J connectivity index is 1.31. The minimum Gasteiger partial charge on any atom is -0.355 e. The molecule has 174 valence electrons. The highest BCUT2D eigenvalue weighted by molar-refractivity contribution is 5.97. The van der Waals surface area contributed by atoms with Crippen molar-refractivity contribution in [2.45, 2.75) is 50.0 Å². The van der Waals surface area contributed by atoms with Crippen molar-refractivity contribution in [2.24, 2.45) is 0 Å². The molecule has 1 unspecified atom stereocenters. The second-order valence-electron chi connectivity index (χ2n) is 8.28. The van der Waals surface area contributed by atoms with Gasteiger partial charge in [-0.1, -0.05) is 24.3 Å². The van der Waals surface area contributed by atoms with Crippen molar-refractivity contribution in [1.29, 1.82) is 0 Å². The predicted octanol–water partition coefficient (Wildman–Crippen LogP) is 2.99. The van der Waals surface area contributed by atoms with Gasteiger partial charge in [0.05, 0.1) is 11.3 Å². The van der Waals surface area contributed by atoms with Gasteiger partial charge in [0.1, 0.15) is 11.6 Å². The highest BCUT2D eigenvalue weighted by atomic mass is 19.4. The Kier molecular flexibility index (Phi) is 6.01. The van der Waals surface area contributed by atoms with Crippen molar-refractivity contribution in [1.82, 2.24) is 16.0 Å². The lowest BCUT2D eigenvalue weighted by Gasteiger charge is -2.20. The Morgan fingerprint density at radius 3 is 2.36 bits per heavy atom. The van der Waals surface area contributed by atoms with Gasteiger partial charge in [0.25, 0.3) is 0 Å². The number of anilines is 2. The van der Waals surface area contributed by atoms with Gasteiger partial charge in [-0.15, -0.1) is 0 Å². The van der Waals surface area contributed by atoms with Gasteiger partial charge in [-0.2, -0.15) is 13.2 Å². The fraction of sp³-hybridized carbons (Fsp3) is 0.348. The van der Waals surface area contributed by atoms with Crippen LogP contribution in [-0.4, -0.2) is 29.3 Å². The van der Waals surface area contributed by atoms with Gasteiger partial charge < -0.3 is 21.3 Å². The molecule has 10 heteroatoms. The van der Waals surface area contributed by atoms with Crippen molar-refractivity contribution in [3.05, 3.63) is 59.7 Å². The molecule has 0 spiro atoms. The van der Waals surface area contributed by atoms with E-state index in [1.807, 2.05) is 0 Å². The molecule has 0 aromatic heterocycles. The largest absolute Gasteiger partial charge is 0.418 e. The smallest absolute Gasteiger partial charge is 0.355 e. The molecule has 7 nitrogen and oxygen atoms in total. The Morgan fingerprint density at radius 2 is 1.76 bits per heavy atom. The zero-order chi connectivity index (χ0) is 23.6. The summed E-state index contributed by atoms with van der Waals surface area (Å²) in [6, 6.07) is 11.3. The Morgan fingerprint density at radius 1 is 1.06 bits per heavy atom. The summed E-state index contributed by atoms with van der Waals surface area (Å²) >= 11 is 0. The summed E-state index contributed by atoms with van der Waals surface area (Å²) in [6.45, 7) is 0.204. The minimum absolute atomic E-state index is 0.0454. The maximum absolute atomic E-state index is 13.2. The van der Waals surface area contributed by atoms with E-state index in [9.17, 15) is 27.6 Å². The second kappa shape index (κ2) is 8.76. The molecule has 4 N–H and O–H groups in total. The summed E-state index contributed by atoms with van der Waals surface area (Å²) in [6.07, 6.45) is -2.72. The highest BCUT2D eigenvalue weighted by Gasteiger charge is 2.52. The van der Waals surface area contributed by atoms with Gasteiger partial charge in [-0.25, -0.2) is 0 Å². The summed E-state index contributed by atoms with van der Waals surface area (Å²) in [5.74, 6) is -0.839. The third-order valence-electron chi connectivity index (χ3n) is 5.78. The molecule has 2 aliphatic rings. The first-order valence-corrected chi connectivity index (χ1v) is 10.6. The molecule has 1 saturated heterocycles. The van der Waals surface area contributed by atoms with Gasteiger partial charge in [0.2, 0.25) is 17.7 Å². The molecule has 1 aliphatic heterocycles. The maximum atomic E-state index is 13.2. The van der Waals surface area contributed by atoms with Crippen LogP contribution in [0.15, 0.2) is 48.5 Å². The summed E-state index contributed by atoms with van der Waals surface area (Å²) in [4.78, 5) is 36.2. The van der Waals surface area contributed by atoms with Gasteiger partial charge in [0.15, 0.2) is 0 Å². The lowest BCUT2D eigenvalue weighted by molar-refractivity contribution is -0.137. The normalized spacial score (nSPS) is 18.9. The molecule has 1 atom stereocenters. The van der Waals surface area contributed by atoms with E-state index >= 15 is 0 Å². The number of halogens is 3. The fourth-order valence-electron chi connectivity index (χ4n) is 3.72. The lowest BCUT2D eigenvalue weighted by atomic mass is 10.1. The van der Waals surface area contributed by atoms with E-state index < -0.39 is 23.3 Å². The average Bonchev–Trinajstić information content (AvgIpc) is 3.43. The molecule has 3 amide bonds. The number of hydrogen-bond donors (Lipinski definition) is 4. The van der Waals surface area contributed by atoms with E-state index in [-0.39, 0.29) is 30.0 Å². The van der Waals surface area contributed by atoms with Crippen LogP contribution in [0.3, 0.4) is 0 Å². The number of benzene rings is 2. The van der Waals surface area contributed by atoms with Gasteiger partial charge in [0, 0.05) is 18.7 Å². The molecule has 33 heavy (non-hydrogen) atoms. The van der Waals surface area contributed by atoms with Crippen molar-refractivity contribution < 1.29 is 27.6 Å². The van der Waals surface area contributed by atoms with Gasteiger partial charge >= 0.3 is 6.18 Å². The SMILES string of the molecule is O=C1CCC(C(=O)NC2(C(=O)NCc3ccc(Nc4ccccc4C(F)(F)F)cc3)CC2)N1. The van der Waals surface area contributed by atoms with Crippen molar-refractivity contribution in [3.8, 4) is 0 Å². The second-order valence-corrected chi connectivity index (χ2v) is 8.28. The van der Waals surface area contributed by atoms with E-state index in [1.165, 1.54) is 18.2 Å². The van der Waals surface area contributed by atoms with Crippen LogP contribution in [0.5, 0.6) is 0 Å². The van der Waals surface area contributed by atoms with Crippen LogP contribution in [0.4, 0.5) is 24.5 Å². The fourth-order valence-corrected chi connectivity index (χ4v) is 3.72. The van der Waals surface area contributed by atoms with E-state index in [4.69, 9.17) is 0 Å². The summed E-state index contributed by atoms with van der Waals surface area (Å²) in [5.41, 5.74) is -0.520. The number of nitrogens with one attached hydrogen (secondary N) is 4. The van der Waals surface area contributed by atoms with Crippen molar-refractivity contribution >= 4 is 29.1 Å². The minimum atomic E-state index is -4.47. The Hall–Kier alpha value is -3.56. The molecular weight excluding hydrogens is 437 g/mol. The number of amides is 3. The quantitative estimate of drug-likeness (QED) is 0.511. The zero-order valence-electron chi connectivity index (χ0n) is 17.6. The standard InChI is InChI=1S/C23H23F3N4O3/c24-23(25,26)16-3-1-2-4-17(16)28-15-7-5-14(6-8-15)13-27-21(33)22(11-12-22)30-20(32)18-9-10-19(31)29-18/h1-8,18,28H,9-13H2,(H,27,33)(H,29,31)(H,30,32). The van der Waals surface area contributed by atoms with Crippen LogP contribution < -0.4 is 21.3 Å². The molecule has 2 aromatic carbocycles. The number of alkyl halides is 3. The van der Waals surface area contributed by atoms with E-state index in [1.54, 1.807) is 24.3 Å². The van der Waals surface area contributed by atoms with Crippen LogP contribution in [-0.2, 0) is 27.1 Å². The van der Waals surface area contributed by atoms with Crippen molar-refractivity contribution in [3.63, 3.8) is 0 Å². The summed E-state index contributed by atoms with van der Waals surface area (Å²) in [7, 11) is 0. The molecule has 1 saturated carbocycles. The number of rotatable bonds is 7. The molecule has 1 heterocycles. The molecular formula is C23H23F3N4O3. The van der Waals surface area contributed by atoms with Crippen LogP contribution in [0, 0.1) is 0 Å². The number of carbonyl (C=O) groups is 3. The summed E-state index contributed by atoms with van der Waals surface area (Å²) < 4.78 is 39.5. The Labute approximate surface area is 188 Å². The number of para-hydroxylation sites is 1. The third kappa shape index (κ3) is 5.27. The molecule has 2 aromatic rings. The predicted molar refractivity (Wildman–Crippen MR) is 114 cm³/mol. The number of carbonyl (C=O) groups excluding carboxylic acids is 3. The first-order chi connectivity index (χ1) is 15.7. The molecule has 1 aliphatic carbocycles. The topological polar surface area (TPSA) is 99.3 Å². The van der Waals surface area contributed by atoms with Crippen LogP contribution in [0.2, 0.25) is 0 Å². The number of hydrogen-bond acceptors (Lipinski definition) is 4. The molecule has 0 radical (unpaired) electrons. The highest BCUT2D eigenvalue weighted by Crippen LogP contribution is 2.37. The van der Waals surface area contributed by atoms with Gasteiger partial charge in [-0.05, 0) is 49.1 Å².